The lowest BCUT2D eigenvalue weighted by Gasteiger charge is -2.18. The van der Waals surface area contributed by atoms with Crippen LogP contribution in [0, 0.1) is 6.92 Å². The van der Waals surface area contributed by atoms with E-state index in [0.29, 0.717) is 18.7 Å². The third-order valence-electron chi connectivity index (χ3n) is 2.66. The fourth-order valence-electron chi connectivity index (χ4n) is 1.52. The summed E-state index contributed by atoms with van der Waals surface area (Å²) in [6, 6.07) is 5.35. The molecule has 0 fully saturated rings. The highest BCUT2D eigenvalue weighted by Gasteiger charge is 2.11. The summed E-state index contributed by atoms with van der Waals surface area (Å²) in [5.74, 6) is -0.852. The van der Waals surface area contributed by atoms with Crippen LogP contribution >= 0.6 is 15.9 Å². The van der Waals surface area contributed by atoms with Gasteiger partial charge in [0.15, 0.2) is 0 Å². The van der Waals surface area contributed by atoms with E-state index in [1.165, 1.54) is 4.90 Å². The van der Waals surface area contributed by atoms with Crippen LogP contribution in [0.25, 0.3) is 0 Å². The normalized spacial score (nSPS) is 10.1. The van der Waals surface area contributed by atoms with Crippen LogP contribution in [0.1, 0.15) is 18.4 Å². The molecule has 0 spiro atoms. The molecule has 0 bridgehead atoms. The van der Waals surface area contributed by atoms with Crippen molar-refractivity contribution in [1.29, 1.82) is 0 Å². The predicted octanol–water partition coefficient (Wildman–Crippen LogP) is 3.09. The van der Waals surface area contributed by atoms with Gasteiger partial charge in [0.2, 0.25) is 0 Å². The Bertz CT molecular complexity index is 477. The van der Waals surface area contributed by atoms with Gasteiger partial charge >= 0.3 is 12.0 Å². The molecular weight excluding hydrogens is 312 g/mol. The van der Waals surface area contributed by atoms with Gasteiger partial charge in [-0.2, -0.15) is 0 Å². The molecular formula is C13H17BrN2O3. The summed E-state index contributed by atoms with van der Waals surface area (Å²) in [4.78, 5) is 23.8. The number of anilines is 1. The largest absolute Gasteiger partial charge is 0.481 e. The lowest BCUT2D eigenvalue weighted by Crippen LogP contribution is -2.32. The Labute approximate surface area is 120 Å². The lowest BCUT2D eigenvalue weighted by molar-refractivity contribution is -0.137. The van der Waals surface area contributed by atoms with Crippen molar-refractivity contribution < 1.29 is 14.7 Å². The third-order valence-corrected chi connectivity index (χ3v) is 3.72. The molecule has 0 heterocycles. The molecule has 0 aliphatic heterocycles. The van der Waals surface area contributed by atoms with Crippen molar-refractivity contribution in [3.63, 3.8) is 0 Å². The fraction of sp³-hybridized carbons (Fsp3) is 0.385. The number of carbonyl (C=O) groups excluding carboxylic acids is 1. The van der Waals surface area contributed by atoms with Crippen LogP contribution in [-0.2, 0) is 4.79 Å². The van der Waals surface area contributed by atoms with E-state index in [-0.39, 0.29) is 12.5 Å². The van der Waals surface area contributed by atoms with Gasteiger partial charge in [0, 0.05) is 24.5 Å². The lowest BCUT2D eigenvalue weighted by atomic mass is 10.2. The quantitative estimate of drug-likeness (QED) is 0.872. The highest BCUT2D eigenvalue weighted by atomic mass is 79.9. The molecule has 0 saturated heterocycles. The Morgan fingerprint density at radius 2 is 2.11 bits per heavy atom. The van der Waals surface area contributed by atoms with Crippen molar-refractivity contribution in [1.82, 2.24) is 4.90 Å². The molecule has 1 rings (SSSR count). The highest BCUT2D eigenvalue weighted by Crippen LogP contribution is 2.25. The first-order chi connectivity index (χ1) is 8.91. The maximum absolute atomic E-state index is 11.9. The van der Waals surface area contributed by atoms with Gasteiger partial charge in [0.1, 0.15) is 0 Å². The number of nitrogens with one attached hydrogen (secondary N) is 1. The average molecular weight is 329 g/mol. The van der Waals surface area contributed by atoms with E-state index < -0.39 is 5.97 Å². The first kappa shape index (κ1) is 15.5. The topological polar surface area (TPSA) is 69.6 Å². The van der Waals surface area contributed by atoms with Gasteiger partial charge in [-0.15, -0.1) is 0 Å². The van der Waals surface area contributed by atoms with Crippen molar-refractivity contribution >= 4 is 33.6 Å². The van der Waals surface area contributed by atoms with E-state index in [1.54, 1.807) is 13.1 Å². The van der Waals surface area contributed by atoms with E-state index in [1.807, 2.05) is 19.1 Å². The second-order valence-corrected chi connectivity index (χ2v) is 5.08. The highest BCUT2D eigenvalue weighted by molar-refractivity contribution is 9.10. The molecule has 6 heteroatoms. The summed E-state index contributed by atoms with van der Waals surface area (Å²) in [6.45, 7) is 2.35. The molecule has 0 unspecified atom stereocenters. The van der Waals surface area contributed by atoms with Crippen LogP contribution in [0.2, 0.25) is 0 Å². The van der Waals surface area contributed by atoms with Crippen LogP contribution in [0.15, 0.2) is 22.7 Å². The number of benzene rings is 1. The molecule has 0 atom stereocenters. The van der Waals surface area contributed by atoms with Crippen LogP contribution in [0.3, 0.4) is 0 Å². The zero-order chi connectivity index (χ0) is 14.4. The van der Waals surface area contributed by atoms with Crippen molar-refractivity contribution in [3.05, 3.63) is 28.2 Å². The molecule has 19 heavy (non-hydrogen) atoms. The Morgan fingerprint density at radius 1 is 1.42 bits per heavy atom. The minimum atomic E-state index is -0.852. The Morgan fingerprint density at radius 3 is 2.74 bits per heavy atom. The molecule has 0 aliphatic rings. The number of aryl methyl sites for hydroxylation is 1. The third kappa shape index (κ3) is 4.90. The zero-order valence-corrected chi connectivity index (χ0v) is 12.5. The van der Waals surface area contributed by atoms with Gasteiger partial charge < -0.3 is 15.3 Å². The minimum Gasteiger partial charge on any atom is -0.481 e. The van der Waals surface area contributed by atoms with Crippen molar-refractivity contribution in [2.45, 2.75) is 19.8 Å². The monoisotopic (exact) mass is 328 g/mol. The Balaban J connectivity index is 2.54. The van der Waals surface area contributed by atoms with Gasteiger partial charge in [0.25, 0.3) is 0 Å². The van der Waals surface area contributed by atoms with Gasteiger partial charge in [0.05, 0.1) is 5.69 Å². The summed E-state index contributed by atoms with van der Waals surface area (Å²) < 4.78 is 0.849. The van der Waals surface area contributed by atoms with Crippen molar-refractivity contribution in [2.24, 2.45) is 0 Å². The van der Waals surface area contributed by atoms with E-state index in [4.69, 9.17) is 5.11 Å². The molecule has 2 N–H and O–H groups in total. The zero-order valence-electron chi connectivity index (χ0n) is 10.9. The summed E-state index contributed by atoms with van der Waals surface area (Å²) in [5, 5.41) is 11.3. The molecule has 104 valence electrons. The molecule has 2 amide bonds. The van der Waals surface area contributed by atoms with Crippen molar-refractivity contribution in [2.75, 3.05) is 18.9 Å². The second-order valence-electron chi connectivity index (χ2n) is 4.29. The van der Waals surface area contributed by atoms with Crippen LogP contribution in [0.4, 0.5) is 10.5 Å². The summed E-state index contributed by atoms with van der Waals surface area (Å²) in [7, 11) is 1.64. The van der Waals surface area contributed by atoms with E-state index in [0.717, 1.165) is 10.0 Å². The molecule has 5 nitrogen and oxygen atoms in total. The Kier molecular flexibility index (Phi) is 5.82. The van der Waals surface area contributed by atoms with Crippen LogP contribution in [-0.4, -0.2) is 35.6 Å². The SMILES string of the molecule is Cc1cccc(NC(=O)N(C)CCCC(=O)O)c1Br. The smallest absolute Gasteiger partial charge is 0.321 e. The number of hydrogen-bond acceptors (Lipinski definition) is 2. The predicted molar refractivity (Wildman–Crippen MR) is 77.4 cm³/mol. The van der Waals surface area contributed by atoms with Crippen LogP contribution in [0.5, 0.6) is 0 Å². The number of nitrogens with zero attached hydrogens (tertiary/aromatic N) is 1. The molecule has 0 aromatic heterocycles. The number of urea groups is 1. The minimum absolute atomic E-state index is 0.0613. The number of carbonyl (C=O) groups is 2. The standard InChI is InChI=1S/C13H17BrN2O3/c1-9-5-3-6-10(12(9)14)15-13(19)16(2)8-4-7-11(17)18/h3,5-6H,4,7-8H2,1-2H3,(H,15,19)(H,17,18). The van der Waals surface area contributed by atoms with Crippen LogP contribution < -0.4 is 5.32 Å². The summed E-state index contributed by atoms with van der Waals surface area (Å²) in [6.07, 6.45) is 0.500. The maximum atomic E-state index is 11.9. The number of aliphatic carboxylic acids is 1. The van der Waals surface area contributed by atoms with Gasteiger partial charge in [-0.25, -0.2) is 4.79 Å². The number of halogens is 1. The van der Waals surface area contributed by atoms with Gasteiger partial charge in [-0.1, -0.05) is 12.1 Å². The van der Waals surface area contributed by atoms with E-state index in [9.17, 15) is 9.59 Å². The molecule has 1 aromatic rings. The maximum Gasteiger partial charge on any atom is 0.321 e. The number of rotatable bonds is 5. The Hall–Kier alpha value is -1.56. The summed E-state index contributed by atoms with van der Waals surface area (Å²) in [5.41, 5.74) is 1.74. The van der Waals surface area contributed by atoms with Gasteiger partial charge in [-0.3, -0.25) is 4.79 Å². The number of hydrogen-bond donors (Lipinski definition) is 2. The first-order valence-electron chi connectivity index (χ1n) is 5.91. The molecule has 0 saturated carbocycles. The molecule has 0 radical (unpaired) electrons. The number of carboxylic acids is 1. The second kappa shape index (κ2) is 7.13. The number of carboxylic acid groups (broad SMARTS) is 1. The van der Waals surface area contributed by atoms with E-state index in [2.05, 4.69) is 21.2 Å². The first-order valence-corrected chi connectivity index (χ1v) is 6.70. The van der Waals surface area contributed by atoms with E-state index >= 15 is 0 Å². The number of amides is 2. The van der Waals surface area contributed by atoms with Crippen molar-refractivity contribution in [3.8, 4) is 0 Å². The van der Waals surface area contributed by atoms with Gasteiger partial charge in [-0.05, 0) is 40.9 Å². The average Bonchev–Trinajstić information content (AvgIpc) is 2.34. The fourth-order valence-corrected chi connectivity index (χ4v) is 1.89. The summed E-state index contributed by atoms with van der Waals surface area (Å²) >= 11 is 3.42. The molecule has 1 aromatic carbocycles. The molecule has 0 aliphatic carbocycles.